The van der Waals surface area contributed by atoms with Crippen LogP contribution < -0.4 is 10.9 Å². The number of hydrogen-bond donors (Lipinski definition) is 3. The molecule has 0 radical (unpaired) electrons. The first-order chi connectivity index (χ1) is 7.17. The Hall–Kier alpha value is -1.01. The van der Waals surface area contributed by atoms with Crippen LogP contribution in [0.25, 0.3) is 0 Å². The molecule has 15 heavy (non-hydrogen) atoms. The largest absolute Gasteiger partial charge is 0.395 e. The summed E-state index contributed by atoms with van der Waals surface area (Å²) in [5.41, 5.74) is -0.190. The molecule has 0 aromatic carbocycles. The number of thioether (sulfide) groups is 1. The minimum Gasteiger partial charge on any atom is -0.395 e. The summed E-state index contributed by atoms with van der Waals surface area (Å²) >= 11 is 1.58. The molecule has 84 valence electrons. The minimum absolute atomic E-state index is 0.0549. The van der Waals surface area contributed by atoms with Gasteiger partial charge in [-0.1, -0.05) is 0 Å². The van der Waals surface area contributed by atoms with Crippen LogP contribution in [0.4, 0.5) is 5.82 Å². The molecule has 1 aromatic heterocycles. The van der Waals surface area contributed by atoms with E-state index in [9.17, 15) is 4.79 Å². The van der Waals surface area contributed by atoms with E-state index in [2.05, 4.69) is 15.3 Å². The molecule has 0 fully saturated rings. The third-order valence-corrected chi connectivity index (χ3v) is 3.26. The monoisotopic (exact) mass is 229 g/mol. The van der Waals surface area contributed by atoms with Crippen molar-refractivity contribution in [1.82, 2.24) is 9.97 Å². The van der Waals surface area contributed by atoms with Crippen molar-refractivity contribution in [3.8, 4) is 0 Å². The predicted octanol–water partition coefficient (Wildman–Crippen LogP) is 0.294. The van der Waals surface area contributed by atoms with Crippen LogP contribution in [0.5, 0.6) is 0 Å². The Labute approximate surface area is 92.3 Å². The molecule has 2 atom stereocenters. The summed E-state index contributed by atoms with van der Waals surface area (Å²) < 4.78 is 0. The zero-order chi connectivity index (χ0) is 11.3. The van der Waals surface area contributed by atoms with Crippen LogP contribution >= 0.6 is 11.8 Å². The average Bonchev–Trinajstić information content (AvgIpc) is 2.19. The maximum absolute atomic E-state index is 11.0. The van der Waals surface area contributed by atoms with Crippen LogP contribution in [0.1, 0.15) is 6.92 Å². The average molecular weight is 229 g/mol. The Morgan fingerprint density at radius 1 is 1.73 bits per heavy atom. The molecule has 3 N–H and O–H groups in total. The van der Waals surface area contributed by atoms with Gasteiger partial charge in [-0.3, -0.25) is 4.79 Å². The van der Waals surface area contributed by atoms with E-state index in [1.807, 2.05) is 13.2 Å². The molecule has 1 rings (SSSR count). The predicted molar refractivity (Wildman–Crippen MR) is 62.3 cm³/mol. The van der Waals surface area contributed by atoms with Crippen LogP contribution in [0.2, 0.25) is 0 Å². The zero-order valence-corrected chi connectivity index (χ0v) is 9.54. The van der Waals surface area contributed by atoms with E-state index in [1.165, 1.54) is 12.4 Å². The Morgan fingerprint density at radius 3 is 3.00 bits per heavy atom. The fourth-order valence-electron chi connectivity index (χ4n) is 1.21. The lowest BCUT2D eigenvalue weighted by molar-refractivity contribution is 0.288. The second kappa shape index (κ2) is 5.77. The van der Waals surface area contributed by atoms with Crippen molar-refractivity contribution >= 4 is 17.6 Å². The number of H-pyrrole nitrogens is 1. The molecular weight excluding hydrogens is 214 g/mol. The maximum Gasteiger partial charge on any atom is 0.252 e. The Kier molecular flexibility index (Phi) is 4.64. The molecule has 2 unspecified atom stereocenters. The molecule has 5 nitrogen and oxygen atoms in total. The smallest absolute Gasteiger partial charge is 0.252 e. The van der Waals surface area contributed by atoms with Gasteiger partial charge in [0.1, 0.15) is 5.82 Å². The van der Waals surface area contributed by atoms with Crippen LogP contribution in [0.3, 0.4) is 0 Å². The first kappa shape index (κ1) is 12.1. The quantitative estimate of drug-likeness (QED) is 0.676. The lowest BCUT2D eigenvalue weighted by atomic mass is 10.2. The summed E-state index contributed by atoms with van der Waals surface area (Å²) in [5.74, 6) is 0.527. The number of rotatable bonds is 5. The van der Waals surface area contributed by atoms with Gasteiger partial charge in [0.05, 0.1) is 12.9 Å². The van der Waals surface area contributed by atoms with Gasteiger partial charge < -0.3 is 15.4 Å². The van der Waals surface area contributed by atoms with Gasteiger partial charge in [0, 0.05) is 17.4 Å². The van der Waals surface area contributed by atoms with E-state index < -0.39 is 0 Å². The van der Waals surface area contributed by atoms with Crippen molar-refractivity contribution in [2.24, 2.45) is 0 Å². The van der Waals surface area contributed by atoms with Crippen molar-refractivity contribution < 1.29 is 5.11 Å². The Bertz CT molecular complexity index is 351. The van der Waals surface area contributed by atoms with Gasteiger partial charge in [-0.2, -0.15) is 11.8 Å². The summed E-state index contributed by atoms with van der Waals surface area (Å²) in [6.07, 6.45) is 3.29. The molecule has 0 bridgehead atoms. The number of nitrogens with zero attached hydrogens (tertiary/aromatic N) is 1. The van der Waals surface area contributed by atoms with Crippen molar-refractivity contribution in [3.05, 3.63) is 22.7 Å². The van der Waals surface area contributed by atoms with Gasteiger partial charge in [0.25, 0.3) is 5.56 Å². The highest BCUT2D eigenvalue weighted by molar-refractivity contribution is 7.99. The van der Waals surface area contributed by atoms with Crippen LogP contribution in [0.15, 0.2) is 17.2 Å². The minimum atomic E-state index is -0.190. The van der Waals surface area contributed by atoms with E-state index in [4.69, 9.17) is 5.11 Å². The molecule has 1 heterocycles. The van der Waals surface area contributed by atoms with E-state index in [0.29, 0.717) is 5.82 Å². The van der Waals surface area contributed by atoms with Crippen molar-refractivity contribution in [2.75, 3.05) is 18.2 Å². The van der Waals surface area contributed by atoms with Crippen LogP contribution in [0, 0.1) is 0 Å². The van der Waals surface area contributed by atoms with Gasteiger partial charge in [-0.15, -0.1) is 0 Å². The van der Waals surface area contributed by atoms with E-state index in [-0.39, 0.29) is 23.5 Å². The highest BCUT2D eigenvalue weighted by Crippen LogP contribution is 2.13. The number of hydrogen-bond acceptors (Lipinski definition) is 5. The second-order valence-corrected chi connectivity index (χ2v) is 4.26. The number of nitrogens with one attached hydrogen (secondary N) is 2. The number of aliphatic hydroxyl groups excluding tert-OH is 1. The third kappa shape index (κ3) is 3.56. The summed E-state index contributed by atoms with van der Waals surface area (Å²) in [5, 5.41) is 12.2. The number of aromatic amines is 1. The fraction of sp³-hybridized carbons (Fsp3) is 0.556. The summed E-state index contributed by atoms with van der Waals surface area (Å²) in [4.78, 5) is 17.4. The SMILES string of the molecule is CSC(CO)C(C)Nc1cc(=O)[nH]cn1. The Balaban J connectivity index is 2.65. The molecule has 0 aliphatic rings. The van der Waals surface area contributed by atoms with Gasteiger partial charge in [0.15, 0.2) is 0 Å². The maximum atomic E-state index is 11.0. The molecule has 1 aromatic rings. The number of anilines is 1. The van der Waals surface area contributed by atoms with Gasteiger partial charge >= 0.3 is 0 Å². The normalized spacial score (nSPS) is 14.6. The standard InChI is InChI=1S/C9H15N3O2S/c1-6(7(4-13)15-2)12-8-3-9(14)11-5-10-8/h3,5-7,13H,4H2,1-2H3,(H2,10,11,12,14). The Morgan fingerprint density at radius 2 is 2.47 bits per heavy atom. The first-order valence-electron chi connectivity index (χ1n) is 4.62. The van der Waals surface area contributed by atoms with E-state index >= 15 is 0 Å². The van der Waals surface area contributed by atoms with Crippen molar-refractivity contribution in [1.29, 1.82) is 0 Å². The third-order valence-electron chi connectivity index (χ3n) is 2.09. The van der Waals surface area contributed by atoms with Crippen molar-refractivity contribution in [3.63, 3.8) is 0 Å². The topological polar surface area (TPSA) is 78.0 Å². The van der Waals surface area contributed by atoms with Gasteiger partial charge in [0.2, 0.25) is 0 Å². The summed E-state index contributed by atoms with van der Waals surface area (Å²) in [7, 11) is 0. The van der Waals surface area contributed by atoms with E-state index in [1.54, 1.807) is 11.8 Å². The highest BCUT2D eigenvalue weighted by atomic mass is 32.2. The molecule has 0 amide bonds. The zero-order valence-electron chi connectivity index (χ0n) is 8.73. The number of aromatic nitrogens is 2. The van der Waals surface area contributed by atoms with Crippen LogP contribution in [-0.2, 0) is 0 Å². The fourth-order valence-corrected chi connectivity index (χ4v) is 1.84. The lowest BCUT2D eigenvalue weighted by Gasteiger charge is -2.21. The van der Waals surface area contributed by atoms with Crippen molar-refractivity contribution in [2.45, 2.75) is 18.2 Å². The highest BCUT2D eigenvalue weighted by Gasteiger charge is 2.15. The first-order valence-corrected chi connectivity index (χ1v) is 5.91. The van der Waals surface area contributed by atoms with E-state index in [0.717, 1.165) is 0 Å². The molecule has 0 saturated carbocycles. The molecule has 0 spiro atoms. The molecule has 0 saturated heterocycles. The second-order valence-electron chi connectivity index (χ2n) is 3.19. The van der Waals surface area contributed by atoms with Crippen LogP contribution in [-0.4, -0.2) is 39.2 Å². The molecule has 0 aliphatic carbocycles. The lowest BCUT2D eigenvalue weighted by Crippen LogP contribution is -2.31. The summed E-state index contributed by atoms with van der Waals surface area (Å²) in [6, 6.07) is 1.45. The molecule has 6 heteroatoms. The molecule has 0 aliphatic heterocycles. The van der Waals surface area contributed by atoms with Gasteiger partial charge in [-0.25, -0.2) is 4.98 Å². The number of aliphatic hydroxyl groups is 1. The summed E-state index contributed by atoms with van der Waals surface area (Å²) in [6.45, 7) is 2.04. The molecular formula is C9H15N3O2S. The van der Waals surface area contributed by atoms with Gasteiger partial charge in [-0.05, 0) is 13.2 Å².